The number of hydrogen-bond donors (Lipinski definition) is 1. The van der Waals surface area contributed by atoms with Crippen molar-refractivity contribution in [2.24, 2.45) is 0 Å². The second kappa shape index (κ2) is 11.0. The number of nitriles is 1. The zero-order valence-corrected chi connectivity index (χ0v) is 19.7. The van der Waals surface area contributed by atoms with Crippen molar-refractivity contribution in [3.63, 3.8) is 0 Å². The first-order valence-corrected chi connectivity index (χ1v) is 11.4. The number of carbonyl (C=O) groups is 1. The number of benzene rings is 4. The van der Waals surface area contributed by atoms with Gasteiger partial charge in [-0.05, 0) is 78.2 Å². The number of aryl methyl sites for hydroxylation is 1. The minimum absolute atomic E-state index is 0.0129. The van der Waals surface area contributed by atoms with Crippen LogP contribution in [0.4, 0.5) is 5.69 Å². The van der Waals surface area contributed by atoms with E-state index in [1.807, 2.05) is 49.4 Å². The van der Waals surface area contributed by atoms with Gasteiger partial charge in [-0.15, -0.1) is 0 Å². The average molecular weight is 463 g/mol. The van der Waals surface area contributed by atoms with Crippen molar-refractivity contribution in [3.05, 3.63) is 107 Å². The fraction of sp³-hybridized carbons (Fsp3) is 0.133. The van der Waals surface area contributed by atoms with Gasteiger partial charge in [-0.1, -0.05) is 48.5 Å². The topological polar surface area (TPSA) is 71.3 Å². The van der Waals surface area contributed by atoms with Crippen LogP contribution in [0.2, 0.25) is 0 Å². The van der Waals surface area contributed by atoms with Gasteiger partial charge in [0, 0.05) is 11.3 Å². The van der Waals surface area contributed by atoms with E-state index >= 15 is 0 Å². The Kier molecular flexibility index (Phi) is 7.44. The molecule has 0 aliphatic carbocycles. The molecule has 0 saturated heterocycles. The van der Waals surface area contributed by atoms with Gasteiger partial charge in [0.1, 0.15) is 29.7 Å². The van der Waals surface area contributed by atoms with E-state index in [0.717, 1.165) is 16.9 Å². The third-order valence-corrected chi connectivity index (χ3v) is 5.64. The highest BCUT2D eigenvalue weighted by atomic mass is 16.5. The standard InChI is InChI=1S/C30H26N2O3/c1-3-34-26-16-12-25(13-17-26)32-30(33)24(19-31)18-22-9-14-27(15-10-22)35-20-29-21(2)8-11-23-6-4-5-7-28(23)29/h4-18H,3,20H2,1-2H3,(H,32,33)/b24-18+. The quantitative estimate of drug-likeness (QED) is 0.234. The Balaban J connectivity index is 1.42. The summed E-state index contributed by atoms with van der Waals surface area (Å²) in [5, 5.41) is 14.6. The Labute approximate surface area is 205 Å². The molecule has 174 valence electrons. The molecule has 0 radical (unpaired) electrons. The lowest BCUT2D eigenvalue weighted by atomic mass is 10.0. The molecule has 0 saturated carbocycles. The predicted molar refractivity (Wildman–Crippen MR) is 139 cm³/mol. The maximum Gasteiger partial charge on any atom is 0.266 e. The summed E-state index contributed by atoms with van der Waals surface area (Å²) < 4.78 is 11.4. The van der Waals surface area contributed by atoms with Crippen LogP contribution in [0, 0.1) is 18.3 Å². The van der Waals surface area contributed by atoms with Crippen LogP contribution >= 0.6 is 0 Å². The molecule has 0 fully saturated rings. The maximum absolute atomic E-state index is 12.6. The summed E-state index contributed by atoms with van der Waals surface area (Å²) in [6.45, 7) is 5.02. The second-order valence-corrected chi connectivity index (χ2v) is 8.02. The Morgan fingerprint density at radius 2 is 1.60 bits per heavy atom. The summed E-state index contributed by atoms with van der Waals surface area (Å²) in [5.41, 5.74) is 3.67. The van der Waals surface area contributed by atoms with E-state index in [9.17, 15) is 10.1 Å². The summed E-state index contributed by atoms with van der Waals surface area (Å²) in [7, 11) is 0. The molecule has 1 amide bonds. The number of nitrogens with zero attached hydrogens (tertiary/aromatic N) is 1. The van der Waals surface area contributed by atoms with E-state index in [4.69, 9.17) is 9.47 Å². The Bertz CT molecular complexity index is 1400. The number of anilines is 1. The van der Waals surface area contributed by atoms with Crippen LogP contribution in [0.3, 0.4) is 0 Å². The first-order chi connectivity index (χ1) is 17.1. The normalized spacial score (nSPS) is 11.1. The Hall–Kier alpha value is -4.56. The van der Waals surface area contributed by atoms with Crippen molar-refractivity contribution in [1.29, 1.82) is 5.26 Å². The lowest BCUT2D eigenvalue weighted by Gasteiger charge is -2.12. The molecule has 0 atom stereocenters. The molecule has 4 rings (SSSR count). The van der Waals surface area contributed by atoms with Gasteiger partial charge in [-0.3, -0.25) is 4.79 Å². The fourth-order valence-corrected chi connectivity index (χ4v) is 3.77. The molecule has 0 spiro atoms. The van der Waals surface area contributed by atoms with Crippen LogP contribution in [0.25, 0.3) is 16.8 Å². The van der Waals surface area contributed by atoms with Crippen molar-refractivity contribution < 1.29 is 14.3 Å². The van der Waals surface area contributed by atoms with Gasteiger partial charge in [-0.2, -0.15) is 5.26 Å². The van der Waals surface area contributed by atoms with Crippen LogP contribution in [0.15, 0.2) is 90.5 Å². The molecule has 0 bridgehead atoms. The third kappa shape index (κ3) is 5.87. The molecule has 5 nitrogen and oxygen atoms in total. The van der Waals surface area contributed by atoms with Gasteiger partial charge in [-0.25, -0.2) is 0 Å². The number of carbonyl (C=O) groups excluding carboxylic acids is 1. The molecule has 0 aliphatic rings. The van der Waals surface area contributed by atoms with Crippen LogP contribution in [-0.2, 0) is 11.4 Å². The Morgan fingerprint density at radius 3 is 2.31 bits per heavy atom. The van der Waals surface area contributed by atoms with Gasteiger partial charge in [0.15, 0.2) is 0 Å². The van der Waals surface area contributed by atoms with E-state index in [1.165, 1.54) is 16.3 Å². The molecule has 35 heavy (non-hydrogen) atoms. The van der Waals surface area contributed by atoms with Crippen molar-refractivity contribution >= 4 is 28.4 Å². The molecular weight excluding hydrogens is 436 g/mol. The Morgan fingerprint density at radius 1 is 0.914 bits per heavy atom. The molecule has 0 heterocycles. The molecule has 4 aromatic carbocycles. The minimum Gasteiger partial charge on any atom is -0.494 e. The molecule has 0 aliphatic heterocycles. The van der Waals surface area contributed by atoms with E-state index in [-0.39, 0.29) is 5.57 Å². The summed E-state index contributed by atoms with van der Waals surface area (Å²) in [6, 6.07) is 28.8. The van der Waals surface area contributed by atoms with E-state index < -0.39 is 5.91 Å². The summed E-state index contributed by atoms with van der Waals surface area (Å²) in [4.78, 5) is 12.6. The number of nitrogens with one attached hydrogen (secondary N) is 1. The molecule has 5 heteroatoms. The van der Waals surface area contributed by atoms with Crippen molar-refractivity contribution in [3.8, 4) is 17.6 Å². The highest BCUT2D eigenvalue weighted by Gasteiger charge is 2.10. The zero-order valence-electron chi connectivity index (χ0n) is 19.7. The highest BCUT2D eigenvalue weighted by molar-refractivity contribution is 6.09. The van der Waals surface area contributed by atoms with Crippen molar-refractivity contribution in [2.75, 3.05) is 11.9 Å². The number of ether oxygens (including phenoxy) is 2. The average Bonchev–Trinajstić information content (AvgIpc) is 2.88. The number of rotatable bonds is 8. The van der Waals surface area contributed by atoms with Crippen LogP contribution < -0.4 is 14.8 Å². The van der Waals surface area contributed by atoms with E-state index in [2.05, 4.69) is 36.5 Å². The lowest BCUT2D eigenvalue weighted by molar-refractivity contribution is -0.112. The van der Waals surface area contributed by atoms with Crippen molar-refractivity contribution in [1.82, 2.24) is 0 Å². The second-order valence-electron chi connectivity index (χ2n) is 8.02. The lowest BCUT2D eigenvalue weighted by Crippen LogP contribution is -2.13. The first kappa shape index (κ1) is 23.6. The first-order valence-electron chi connectivity index (χ1n) is 11.4. The fourth-order valence-electron chi connectivity index (χ4n) is 3.77. The van der Waals surface area contributed by atoms with Crippen LogP contribution in [0.1, 0.15) is 23.6 Å². The van der Waals surface area contributed by atoms with Crippen LogP contribution in [0.5, 0.6) is 11.5 Å². The number of hydrogen-bond acceptors (Lipinski definition) is 4. The monoisotopic (exact) mass is 462 g/mol. The molecule has 1 N–H and O–H groups in total. The van der Waals surface area contributed by atoms with Crippen LogP contribution in [-0.4, -0.2) is 12.5 Å². The van der Waals surface area contributed by atoms with E-state index in [1.54, 1.807) is 30.3 Å². The van der Waals surface area contributed by atoms with E-state index in [0.29, 0.717) is 24.7 Å². The minimum atomic E-state index is -0.469. The van der Waals surface area contributed by atoms with Gasteiger partial charge in [0.05, 0.1) is 6.61 Å². The van der Waals surface area contributed by atoms with Crippen molar-refractivity contribution in [2.45, 2.75) is 20.5 Å². The number of fused-ring (bicyclic) bond motifs is 1. The SMILES string of the molecule is CCOc1ccc(NC(=O)/C(C#N)=C/c2ccc(OCc3c(C)ccc4ccccc34)cc2)cc1. The van der Waals surface area contributed by atoms with Gasteiger partial charge < -0.3 is 14.8 Å². The summed E-state index contributed by atoms with van der Waals surface area (Å²) in [5.74, 6) is 0.967. The van der Waals surface area contributed by atoms with Gasteiger partial charge >= 0.3 is 0 Å². The molecular formula is C30H26N2O3. The maximum atomic E-state index is 12.6. The van der Waals surface area contributed by atoms with Gasteiger partial charge in [0.25, 0.3) is 5.91 Å². The summed E-state index contributed by atoms with van der Waals surface area (Å²) in [6.07, 6.45) is 1.56. The number of amides is 1. The zero-order chi connectivity index (χ0) is 24.6. The third-order valence-electron chi connectivity index (χ3n) is 5.64. The summed E-state index contributed by atoms with van der Waals surface area (Å²) >= 11 is 0. The molecule has 0 unspecified atom stereocenters. The smallest absolute Gasteiger partial charge is 0.266 e. The predicted octanol–water partition coefficient (Wildman–Crippen LogP) is 6.67. The van der Waals surface area contributed by atoms with Gasteiger partial charge in [0.2, 0.25) is 0 Å². The molecule has 4 aromatic rings. The highest BCUT2D eigenvalue weighted by Crippen LogP contribution is 2.24. The largest absolute Gasteiger partial charge is 0.494 e. The molecule has 0 aromatic heterocycles.